The maximum absolute atomic E-state index is 11.8. The van der Waals surface area contributed by atoms with Crippen molar-refractivity contribution < 1.29 is 9.59 Å². The fourth-order valence-corrected chi connectivity index (χ4v) is 2.77. The number of nitrogens with zero attached hydrogens (tertiary/aromatic N) is 2. The lowest BCUT2D eigenvalue weighted by Gasteiger charge is -2.36. The van der Waals surface area contributed by atoms with Crippen LogP contribution in [0.1, 0.15) is 19.3 Å². The molecule has 2 fully saturated rings. The van der Waals surface area contributed by atoms with Gasteiger partial charge in [-0.15, -0.1) is 0 Å². The van der Waals surface area contributed by atoms with Crippen LogP contribution in [-0.4, -0.2) is 49.4 Å². The predicted molar refractivity (Wildman–Crippen MR) is 88.7 cm³/mol. The van der Waals surface area contributed by atoms with Crippen LogP contribution in [0, 0.1) is 5.92 Å². The third kappa shape index (κ3) is 4.69. The van der Waals surface area contributed by atoms with E-state index in [9.17, 15) is 9.59 Å². The van der Waals surface area contributed by atoms with E-state index in [0.717, 1.165) is 45.6 Å². The van der Waals surface area contributed by atoms with Crippen molar-refractivity contribution in [2.75, 3.05) is 37.6 Å². The molecule has 1 heterocycles. The second kappa shape index (κ2) is 7.46. The molecule has 6 heteroatoms. The number of hydrogen-bond donors (Lipinski definition) is 2. The number of piperazine rings is 1. The lowest BCUT2D eigenvalue weighted by Crippen LogP contribution is -2.48. The average Bonchev–Trinajstić information content (AvgIpc) is 3.44. The zero-order valence-corrected chi connectivity index (χ0v) is 13.3. The van der Waals surface area contributed by atoms with Crippen molar-refractivity contribution in [1.29, 1.82) is 0 Å². The molecule has 124 valence electrons. The molecule has 0 aromatic heterocycles. The quantitative estimate of drug-likeness (QED) is 0.787. The van der Waals surface area contributed by atoms with Gasteiger partial charge in [-0.1, -0.05) is 18.2 Å². The molecule has 1 saturated heterocycles. The molecule has 3 rings (SSSR count). The van der Waals surface area contributed by atoms with Crippen LogP contribution in [0.3, 0.4) is 0 Å². The Morgan fingerprint density at radius 3 is 2.35 bits per heavy atom. The number of hydrazine groups is 1. The molecule has 2 N–H and O–H groups in total. The number of hydrogen-bond acceptors (Lipinski definition) is 4. The molecule has 1 saturated carbocycles. The number of benzene rings is 1. The van der Waals surface area contributed by atoms with Crippen LogP contribution in [-0.2, 0) is 9.59 Å². The van der Waals surface area contributed by atoms with Gasteiger partial charge in [0.15, 0.2) is 0 Å². The molecule has 2 aliphatic rings. The van der Waals surface area contributed by atoms with E-state index in [4.69, 9.17) is 0 Å². The Kier molecular flexibility index (Phi) is 5.12. The van der Waals surface area contributed by atoms with Gasteiger partial charge < -0.3 is 4.90 Å². The van der Waals surface area contributed by atoms with E-state index in [1.54, 1.807) is 0 Å². The van der Waals surface area contributed by atoms with E-state index < -0.39 is 0 Å². The lowest BCUT2D eigenvalue weighted by molar-refractivity contribution is -0.129. The van der Waals surface area contributed by atoms with E-state index in [-0.39, 0.29) is 17.7 Å². The van der Waals surface area contributed by atoms with Crippen LogP contribution in [0.2, 0.25) is 0 Å². The minimum absolute atomic E-state index is 0.0603. The summed E-state index contributed by atoms with van der Waals surface area (Å²) in [6.07, 6.45) is 2.29. The van der Waals surface area contributed by atoms with Crippen LogP contribution < -0.4 is 15.8 Å². The fraction of sp³-hybridized carbons (Fsp3) is 0.529. The number of carbonyl (C=O) groups is 2. The molecule has 0 bridgehead atoms. The minimum Gasteiger partial charge on any atom is -0.369 e. The second-order valence-electron chi connectivity index (χ2n) is 6.23. The number of rotatable bonds is 5. The first-order chi connectivity index (χ1) is 11.2. The van der Waals surface area contributed by atoms with Gasteiger partial charge in [0.2, 0.25) is 11.8 Å². The van der Waals surface area contributed by atoms with Crippen LogP contribution >= 0.6 is 0 Å². The molecule has 1 aliphatic heterocycles. The Bertz CT molecular complexity index is 537. The third-order valence-corrected chi connectivity index (χ3v) is 4.42. The Morgan fingerprint density at radius 1 is 1.00 bits per heavy atom. The maximum Gasteiger partial charge on any atom is 0.241 e. The van der Waals surface area contributed by atoms with Crippen molar-refractivity contribution in [2.45, 2.75) is 19.3 Å². The molecular weight excluding hydrogens is 292 g/mol. The van der Waals surface area contributed by atoms with E-state index in [0.29, 0.717) is 6.42 Å². The molecule has 23 heavy (non-hydrogen) atoms. The second-order valence-corrected chi connectivity index (χ2v) is 6.23. The Morgan fingerprint density at radius 2 is 1.70 bits per heavy atom. The molecule has 0 atom stereocenters. The van der Waals surface area contributed by atoms with Gasteiger partial charge in [0.05, 0.1) is 0 Å². The highest BCUT2D eigenvalue weighted by Gasteiger charge is 2.29. The Hall–Kier alpha value is -2.08. The van der Waals surface area contributed by atoms with Crippen molar-refractivity contribution in [1.82, 2.24) is 15.8 Å². The topological polar surface area (TPSA) is 64.7 Å². The van der Waals surface area contributed by atoms with Crippen LogP contribution in [0.4, 0.5) is 5.69 Å². The van der Waals surface area contributed by atoms with E-state index in [2.05, 4.69) is 44.9 Å². The molecule has 1 aromatic carbocycles. The minimum atomic E-state index is -0.121. The first-order valence-corrected chi connectivity index (χ1v) is 8.33. The first-order valence-electron chi connectivity index (χ1n) is 8.33. The summed E-state index contributed by atoms with van der Waals surface area (Å²) in [5, 5.41) is 0. The highest BCUT2D eigenvalue weighted by atomic mass is 16.2. The number of amides is 2. The van der Waals surface area contributed by atoms with E-state index in [1.165, 1.54) is 5.69 Å². The van der Waals surface area contributed by atoms with Gasteiger partial charge in [-0.2, -0.15) is 0 Å². The van der Waals surface area contributed by atoms with E-state index >= 15 is 0 Å². The van der Waals surface area contributed by atoms with Gasteiger partial charge in [0.1, 0.15) is 0 Å². The van der Waals surface area contributed by atoms with Crippen molar-refractivity contribution in [3.05, 3.63) is 30.3 Å². The van der Waals surface area contributed by atoms with Crippen LogP contribution in [0.15, 0.2) is 30.3 Å². The summed E-state index contributed by atoms with van der Waals surface area (Å²) in [5.74, 6) is -0.0688. The lowest BCUT2D eigenvalue weighted by atomic mass is 10.2. The fourth-order valence-electron chi connectivity index (χ4n) is 2.77. The third-order valence-electron chi connectivity index (χ3n) is 4.42. The molecule has 0 spiro atoms. The molecular formula is C17H24N4O2. The molecule has 1 aromatic rings. The predicted octanol–water partition coefficient (Wildman–Crippen LogP) is 0.756. The average molecular weight is 316 g/mol. The largest absolute Gasteiger partial charge is 0.369 e. The summed E-state index contributed by atoms with van der Waals surface area (Å²) in [7, 11) is 0. The number of nitrogens with one attached hydrogen (secondary N) is 2. The van der Waals surface area contributed by atoms with Crippen molar-refractivity contribution in [3.8, 4) is 0 Å². The molecule has 2 amide bonds. The van der Waals surface area contributed by atoms with Gasteiger partial charge in [0, 0.05) is 50.7 Å². The maximum atomic E-state index is 11.8. The number of para-hydroxylation sites is 1. The zero-order valence-electron chi connectivity index (χ0n) is 13.3. The smallest absolute Gasteiger partial charge is 0.241 e. The SMILES string of the molecule is O=C(CCN1CCN(c2ccccc2)CC1)NNC(=O)C1CC1. The summed E-state index contributed by atoms with van der Waals surface area (Å²) in [6, 6.07) is 10.4. The summed E-state index contributed by atoms with van der Waals surface area (Å²) >= 11 is 0. The number of anilines is 1. The van der Waals surface area contributed by atoms with E-state index in [1.807, 2.05) is 6.07 Å². The van der Waals surface area contributed by atoms with Gasteiger partial charge >= 0.3 is 0 Å². The first kappa shape index (κ1) is 15.8. The summed E-state index contributed by atoms with van der Waals surface area (Å²) in [6.45, 7) is 4.59. The van der Waals surface area contributed by atoms with Gasteiger partial charge in [-0.05, 0) is 25.0 Å². The summed E-state index contributed by atoms with van der Waals surface area (Å²) < 4.78 is 0. The van der Waals surface area contributed by atoms with Crippen LogP contribution in [0.5, 0.6) is 0 Å². The summed E-state index contributed by atoms with van der Waals surface area (Å²) in [5.41, 5.74) is 6.25. The summed E-state index contributed by atoms with van der Waals surface area (Å²) in [4.78, 5) is 27.9. The Labute approximate surface area is 136 Å². The Balaban J connectivity index is 1.32. The highest BCUT2D eigenvalue weighted by Crippen LogP contribution is 2.28. The molecule has 0 unspecified atom stereocenters. The zero-order chi connectivity index (χ0) is 16.1. The van der Waals surface area contributed by atoms with Gasteiger partial charge in [-0.25, -0.2) is 0 Å². The molecule has 6 nitrogen and oxygen atoms in total. The monoisotopic (exact) mass is 316 g/mol. The number of carbonyl (C=O) groups excluding carboxylic acids is 2. The van der Waals surface area contributed by atoms with Crippen molar-refractivity contribution in [2.24, 2.45) is 5.92 Å². The van der Waals surface area contributed by atoms with Gasteiger partial charge in [0.25, 0.3) is 0 Å². The molecule has 1 aliphatic carbocycles. The van der Waals surface area contributed by atoms with Gasteiger partial charge in [-0.3, -0.25) is 25.3 Å². The van der Waals surface area contributed by atoms with Crippen LogP contribution in [0.25, 0.3) is 0 Å². The standard InChI is InChI=1S/C17H24N4O2/c22-16(18-19-17(23)14-6-7-14)8-9-20-10-12-21(13-11-20)15-4-2-1-3-5-15/h1-5,14H,6-13H2,(H,18,22)(H,19,23). The normalized spacial score (nSPS) is 18.5. The highest BCUT2D eigenvalue weighted by molar-refractivity contribution is 5.84. The van der Waals surface area contributed by atoms with Crippen molar-refractivity contribution in [3.63, 3.8) is 0 Å². The van der Waals surface area contributed by atoms with Crippen molar-refractivity contribution >= 4 is 17.5 Å². The molecule has 0 radical (unpaired) electrons.